The molecule has 1 rings (SSSR count). The second-order valence-corrected chi connectivity index (χ2v) is 4.33. The minimum absolute atomic E-state index is 0.237. The number of nitrogens with one attached hydrogen (secondary N) is 1. The molecule has 0 bridgehead atoms. The molecule has 0 saturated heterocycles. The van der Waals surface area contributed by atoms with Crippen molar-refractivity contribution in [3.05, 3.63) is 24.3 Å². The van der Waals surface area contributed by atoms with Gasteiger partial charge in [0.25, 0.3) is 0 Å². The standard InChI is InChI=1S/C15H25NO2/c1-4-16-11-7-8-13(3)18-15-10-6-9-14(12-15)17-5-2/h6,9-10,12-13,16H,4-5,7-8,11H2,1-3H3. The fraction of sp³-hybridized carbons (Fsp3) is 0.600. The zero-order valence-electron chi connectivity index (χ0n) is 11.7. The van der Waals surface area contributed by atoms with Gasteiger partial charge in [0.2, 0.25) is 0 Å². The summed E-state index contributed by atoms with van der Waals surface area (Å²) in [6.45, 7) is 8.99. The summed E-state index contributed by atoms with van der Waals surface area (Å²) in [6.07, 6.45) is 2.44. The molecule has 1 atom stereocenters. The number of benzene rings is 1. The molecule has 0 fully saturated rings. The molecule has 1 unspecified atom stereocenters. The first-order valence-corrected chi connectivity index (χ1v) is 6.86. The van der Waals surface area contributed by atoms with E-state index in [9.17, 15) is 0 Å². The maximum absolute atomic E-state index is 5.87. The highest BCUT2D eigenvalue weighted by Crippen LogP contribution is 2.21. The Labute approximate surface area is 110 Å². The van der Waals surface area contributed by atoms with Crippen LogP contribution in [0.2, 0.25) is 0 Å². The molecule has 0 amide bonds. The topological polar surface area (TPSA) is 30.5 Å². The fourth-order valence-corrected chi connectivity index (χ4v) is 1.79. The zero-order chi connectivity index (χ0) is 13.2. The van der Waals surface area contributed by atoms with Crippen LogP contribution >= 0.6 is 0 Å². The number of ether oxygens (including phenoxy) is 2. The average molecular weight is 251 g/mol. The van der Waals surface area contributed by atoms with Crippen molar-refractivity contribution < 1.29 is 9.47 Å². The Bertz CT molecular complexity index is 328. The van der Waals surface area contributed by atoms with E-state index in [2.05, 4.69) is 19.2 Å². The summed E-state index contributed by atoms with van der Waals surface area (Å²) in [5.41, 5.74) is 0. The average Bonchev–Trinajstić information content (AvgIpc) is 2.35. The van der Waals surface area contributed by atoms with E-state index in [1.54, 1.807) is 0 Å². The summed E-state index contributed by atoms with van der Waals surface area (Å²) >= 11 is 0. The molecule has 1 aromatic carbocycles. The van der Waals surface area contributed by atoms with E-state index < -0.39 is 0 Å². The van der Waals surface area contributed by atoms with Gasteiger partial charge < -0.3 is 14.8 Å². The van der Waals surface area contributed by atoms with Crippen LogP contribution in [-0.2, 0) is 0 Å². The SMILES string of the molecule is CCNCCCC(C)Oc1cccc(OCC)c1. The summed E-state index contributed by atoms with van der Waals surface area (Å²) in [5.74, 6) is 1.76. The monoisotopic (exact) mass is 251 g/mol. The summed E-state index contributed by atoms with van der Waals surface area (Å²) in [6, 6.07) is 7.84. The first-order valence-electron chi connectivity index (χ1n) is 6.86. The summed E-state index contributed by atoms with van der Waals surface area (Å²) in [7, 11) is 0. The predicted molar refractivity (Wildman–Crippen MR) is 75.5 cm³/mol. The molecule has 0 aromatic heterocycles. The van der Waals surface area contributed by atoms with Crippen molar-refractivity contribution in [3.63, 3.8) is 0 Å². The minimum atomic E-state index is 0.237. The highest BCUT2D eigenvalue weighted by atomic mass is 16.5. The second kappa shape index (κ2) is 8.81. The van der Waals surface area contributed by atoms with Gasteiger partial charge in [0.1, 0.15) is 11.5 Å². The van der Waals surface area contributed by atoms with E-state index in [1.807, 2.05) is 31.2 Å². The van der Waals surface area contributed by atoms with Gasteiger partial charge in [-0.1, -0.05) is 13.0 Å². The smallest absolute Gasteiger partial charge is 0.123 e. The van der Waals surface area contributed by atoms with Crippen molar-refractivity contribution in [3.8, 4) is 11.5 Å². The Balaban J connectivity index is 2.34. The van der Waals surface area contributed by atoms with Crippen LogP contribution < -0.4 is 14.8 Å². The quantitative estimate of drug-likeness (QED) is 0.683. The number of hydrogen-bond donors (Lipinski definition) is 1. The summed E-state index contributed by atoms with van der Waals surface area (Å²) in [4.78, 5) is 0. The van der Waals surface area contributed by atoms with Gasteiger partial charge in [-0.15, -0.1) is 0 Å². The Hall–Kier alpha value is -1.22. The third-order valence-corrected chi connectivity index (χ3v) is 2.67. The van der Waals surface area contributed by atoms with E-state index in [4.69, 9.17) is 9.47 Å². The molecule has 102 valence electrons. The molecule has 18 heavy (non-hydrogen) atoms. The highest BCUT2D eigenvalue weighted by Gasteiger charge is 2.04. The van der Waals surface area contributed by atoms with Crippen LogP contribution in [0.5, 0.6) is 11.5 Å². The second-order valence-electron chi connectivity index (χ2n) is 4.33. The van der Waals surface area contributed by atoms with E-state index in [1.165, 1.54) is 0 Å². The van der Waals surface area contributed by atoms with E-state index in [0.717, 1.165) is 37.4 Å². The third kappa shape index (κ3) is 5.92. The van der Waals surface area contributed by atoms with Gasteiger partial charge in [-0.05, 0) is 51.9 Å². The van der Waals surface area contributed by atoms with Gasteiger partial charge in [0.05, 0.1) is 12.7 Å². The molecule has 1 N–H and O–H groups in total. The lowest BCUT2D eigenvalue weighted by Crippen LogP contribution is -2.18. The number of rotatable bonds is 9. The van der Waals surface area contributed by atoms with Crippen LogP contribution in [0.25, 0.3) is 0 Å². The van der Waals surface area contributed by atoms with Crippen LogP contribution in [0.15, 0.2) is 24.3 Å². The maximum atomic E-state index is 5.87. The molecule has 0 heterocycles. The first-order chi connectivity index (χ1) is 8.76. The van der Waals surface area contributed by atoms with Gasteiger partial charge >= 0.3 is 0 Å². The molecule has 0 aliphatic heterocycles. The van der Waals surface area contributed by atoms with Crippen LogP contribution in [0.3, 0.4) is 0 Å². The van der Waals surface area contributed by atoms with Crippen LogP contribution in [0.1, 0.15) is 33.6 Å². The van der Waals surface area contributed by atoms with Gasteiger partial charge in [-0.2, -0.15) is 0 Å². The molecular formula is C15H25NO2. The summed E-state index contributed by atoms with van der Waals surface area (Å²) < 4.78 is 11.3. The molecule has 0 radical (unpaired) electrons. The van der Waals surface area contributed by atoms with Crippen molar-refractivity contribution in [1.82, 2.24) is 5.32 Å². The molecule has 0 aliphatic carbocycles. The van der Waals surface area contributed by atoms with Crippen LogP contribution in [-0.4, -0.2) is 25.8 Å². The van der Waals surface area contributed by atoms with Crippen molar-refractivity contribution in [2.45, 2.75) is 39.7 Å². The van der Waals surface area contributed by atoms with Crippen LogP contribution in [0, 0.1) is 0 Å². The van der Waals surface area contributed by atoms with E-state index >= 15 is 0 Å². The van der Waals surface area contributed by atoms with Gasteiger partial charge in [-0.3, -0.25) is 0 Å². The summed E-state index contributed by atoms with van der Waals surface area (Å²) in [5, 5.41) is 3.32. The molecule has 0 saturated carbocycles. The Morgan fingerprint density at radius 3 is 2.72 bits per heavy atom. The molecule has 3 heteroatoms. The molecule has 0 spiro atoms. The van der Waals surface area contributed by atoms with Crippen molar-refractivity contribution in [2.24, 2.45) is 0 Å². The van der Waals surface area contributed by atoms with E-state index in [-0.39, 0.29) is 6.10 Å². The Morgan fingerprint density at radius 2 is 2.00 bits per heavy atom. The Morgan fingerprint density at radius 1 is 1.22 bits per heavy atom. The normalized spacial score (nSPS) is 12.2. The predicted octanol–water partition coefficient (Wildman–Crippen LogP) is 3.24. The van der Waals surface area contributed by atoms with E-state index in [0.29, 0.717) is 6.61 Å². The van der Waals surface area contributed by atoms with Crippen molar-refractivity contribution in [1.29, 1.82) is 0 Å². The van der Waals surface area contributed by atoms with Crippen molar-refractivity contribution in [2.75, 3.05) is 19.7 Å². The largest absolute Gasteiger partial charge is 0.494 e. The van der Waals surface area contributed by atoms with Crippen molar-refractivity contribution >= 4 is 0 Å². The maximum Gasteiger partial charge on any atom is 0.123 e. The lowest BCUT2D eigenvalue weighted by Gasteiger charge is -2.15. The lowest BCUT2D eigenvalue weighted by atomic mass is 10.2. The fourth-order valence-electron chi connectivity index (χ4n) is 1.79. The highest BCUT2D eigenvalue weighted by molar-refractivity contribution is 5.33. The van der Waals surface area contributed by atoms with Gasteiger partial charge in [0.15, 0.2) is 0 Å². The van der Waals surface area contributed by atoms with Gasteiger partial charge in [0, 0.05) is 6.07 Å². The molecule has 1 aromatic rings. The van der Waals surface area contributed by atoms with Crippen LogP contribution in [0.4, 0.5) is 0 Å². The minimum Gasteiger partial charge on any atom is -0.494 e. The lowest BCUT2D eigenvalue weighted by molar-refractivity contribution is 0.206. The van der Waals surface area contributed by atoms with Gasteiger partial charge in [-0.25, -0.2) is 0 Å². The molecular weight excluding hydrogens is 226 g/mol. The number of hydrogen-bond acceptors (Lipinski definition) is 3. The first kappa shape index (κ1) is 14.8. The molecule has 3 nitrogen and oxygen atoms in total. The zero-order valence-corrected chi connectivity index (χ0v) is 11.7. The third-order valence-electron chi connectivity index (χ3n) is 2.67. The Kier molecular flexibility index (Phi) is 7.26. The molecule has 0 aliphatic rings.